The molecule has 2 amide bonds. The number of benzene rings is 3. The van der Waals surface area contributed by atoms with Crippen LogP contribution in [0.3, 0.4) is 0 Å². The molecule has 3 aromatic carbocycles. The van der Waals surface area contributed by atoms with Crippen LogP contribution in [0.15, 0.2) is 60.7 Å². The molecule has 176 valence electrons. The number of hydrogen-bond acceptors (Lipinski definition) is 3. The normalized spacial score (nSPS) is 17.3. The minimum atomic E-state index is -0.153. The molecule has 0 radical (unpaired) electrons. The van der Waals surface area contributed by atoms with Gasteiger partial charge in [-0.3, -0.25) is 14.5 Å². The zero-order valence-electron chi connectivity index (χ0n) is 19.9. The molecule has 0 unspecified atom stereocenters. The third-order valence-electron chi connectivity index (χ3n) is 6.65. The fourth-order valence-corrected chi connectivity index (χ4v) is 4.84. The predicted octanol–water partition coefficient (Wildman–Crippen LogP) is 5.94. The molecule has 1 heterocycles. The van der Waals surface area contributed by atoms with E-state index in [0.717, 1.165) is 41.3 Å². The first-order valence-corrected chi connectivity index (χ1v) is 11.8. The molecule has 0 bridgehead atoms. The second-order valence-electron chi connectivity index (χ2n) is 9.27. The van der Waals surface area contributed by atoms with Gasteiger partial charge in [-0.1, -0.05) is 48.5 Å². The van der Waals surface area contributed by atoms with E-state index < -0.39 is 0 Å². The lowest BCUT2D eigenvalue weighted by molar-refractivity contribution is -0.120. The van der Waals surface area contributed by atoms with E-state index in [0.29, 0.717) is 17.3 Å². The van der Waals surface area contributed by atoms with E-state index in [9.17, 15) is 9.59 Å². The maximum Gasteiger partial charge on any atom is 0.252 e. The number of hydrogen-bond donors (Lipinski definition) is 2. The van der Waals surface area contributed by atoms with Crippen LogP contribution in [0.1, 0.15) is 64.0 Å². The summed E-state index contributed by atoms with van der Waals surface area (Å²) in [5, 5.41) is 8.47. The molecule has 33 heavy (non-hydrogen) atoms. The first-order chi connectivity index (χ1) is 15.8. The molecule has 0 spiro atoms. The van der Waals surface area contributed by atoms with Crippen LogP contribution >= 0.6 is 0 Å². The van der Waals surface area contributed by atoms with Crippen molar-refractivity contribution in [3.63, 3.8) is 0 Å². The van der Waals surface area contributed by atoms with Gasteiger partial charge in [0.05, 0.1) is 12.1 Å². The molecular formula is C28H37N3O2. The fourth-order valence-electron chi connectivity index (χ4n) is 4.84. The van der Waals surface area contributed by atoms with Gasteiger partial charge in [0.25, 0.3) is 5.91 Å². The number of aryl methyl sites for hydroxylation is 1. The molecule has 2 atom stereocenters. The summed E-state index contributed by atoms with van der Waals surface area (Å²) in [5.74, 6) is -0.144. The van der Waals surface area contributed by atoms with Crippen molar-refractivity contribution >= 4 is 28.3 Å². The molecule has 5 heteroatoms. The van der Waals surface area contributed by atoms with Crippen molar-refractivity contribution in [2.75, 3.05) is 11.9 Å². The summed E-state index contributed by atoms with van der Waals surface area (Å²) < 4.78 is 0. The van der Waals surface area contributed by atoms with Crippen molar-refractivity contribution in [3.05, 3.63) is 77.4 Å². The lowest BCUT2D eigenvalue weighted by Crippen LogP contribution is -2.43. The minimum Gasteiger partial charge on any atom is -0.345 e. The Morgan fingerprint density at radius 3 is 2.58 bits per heavy atom. The number of rotatable bonds is 6. The van der Waals surface area contributed by atoms with E-state index in [1.54, 1.807) is 6.07 Å². The molecule has 1 fully saturated rings. The van der Waals surface area contributed by atoms with Gasteiger partial charge >= 0.3 is 0 Å². The molecule has 0 saturated carbocycles. The van der Waals surface area contributed by atoms with Crippen molar-refractivity contribution in [3.8, 4) is 0 Å². The number of carbonyl (C=O) groups excluding carboxylic acids is 2. The summed E-state index contributed by atoms with van der Waals surface area (Å²) in [5.41, 5.74) is 3.19. The van der Waals surface area contributed by atoms with Gasteiger partial charge in [-0.05, 0) is 81.1 Å². The molecule has 5 nitrogen and oxygen atoms in total. The number of fused-ring (bicyclic) bond motifs is 1. The lowest BCUT2D eigenvalue weighted by atomic mass is 9.99. The monoisotopic (exact) mass is 447 g/mol. The molecule has 1 saturated heterocycles. The molecule has 0 aliphatic carbocycles. The highest BCUT2D eigenvalue weighted by atomic mass is 16.2. The van der Waals surface area contributed by atoms with Crippen LogP contribution in [0.25, 0.3) is 10.8 Å². The van der Waals surface area contributed by atoms with Gasteiger partial charge in [0.15, 0.2) is 0 Å². The predicted molar refractivity (Wildman–Crippen MR) is 139 cm³/mol. The van der Waals surface area contributed by atoms with E-state index in [1.165, 1.54) is 0 Å². The second-order valence-corrected chi connectivity index (χ2v) is 9.27. The molecular weight excluding hydrogens is 410 g/mol. The van der Waals surface area contributed by atoms with E-state index in [-0.39, 0.29) is 26.8 Å². The molecule has 1 aliphatic rings. The van der Waals surface area contributed by atoms with Crippen LogP contribution in [0, 0.1) is 6.92 Å². The average molecular weight is 448 g/mol. The Bertz CT molecular complexity index is 1180. The standard InChI is InChI=1S/C28H33N3O2.2H2/c1-18(2)31-16-8-13-26(31)28(33)30-22-15-14-19(3)25(17-22)27(32)29-20(4)23-12-7-10-21-9-5-6-11-24(21)23;;/h5-7,9-12,14-15,17-18,20,26H,8,13,16H2,1-4H3,(H,29,32)(H,30,33);2*1H/t20-,26+;;/m1../s1. The number of anilines is 1. The first kappa shape index (κ1) is 23.0. The van der Waals surface area contributed by atoms with E-state index >= 15 is 0 Å². The van der Waals surface area contributed by atoms with Crippen molar-refractivity contribution in [1.82, 2.24) is 10.2 Å². The van der Waals surface area contributed by atoms with Gasteiger partial charge in [0.1, 0.15) is 0 Å². The van der Waals surface area contributed by atoms with Crippen molar-refractivity contribution < 1.29 is 12.4 Å². The SMILES string of the molecule is Cc1ccc(NC(=O)[C@@H]2CCCN2C(C)C)cc1C(=O)N[C@H](C)c1cccc2ccccc12.[HH].[HH]. The van der Waals surface area contributed by atoms with Crippen LogP contribution in [-0.2, 0) is 4.79 Å². The first-order valence-electron chi connectivity index (χ1n) is 11.8. The van der Waals surface area contributed by atoms with Crippen LogP contribution in [0.5, 0.6) is 0 Å². The molecule has 4 rings (SSSR count). The van der Waals surface area contributed by atoms with E-state index in [4.69, 9.17) is 0 Å². The number of carbonyl (C=O) groups is 2. The maximum absolute atomic E-state index is 13.2. The highest BCUT2D eigenvalue weighted by Gasteiger charge is 2.32. The Morgan fingerprint density at radius 1 is 1.03 bits per heavy atom. The topological polar surface area (TPSA) is 61.4 Å². The van der Waals surface area contributed by atoms with Crippen LogP contribution in [-0.4, -0.2) is 35.3 Å². The smallest absolute Gasteiger partial charge is 0.252 e. The Balaban J connectivity index is 0.00000216. The van der Waals surface area contributed by atoms with E-state index in [1.807, 2.05) is 44.2 Å². The van der Waals surface area contributed by atoms with Gasteiger partial charge in [-0.25, -0.2) is 0 Å². The quantitative estimate of drug-likeness (QED) is 0.491. The Morgan fingerprint density at radius 2 is 1.79 bits per heavy atom. The largest absolute Gasteiger partial charge is 0.345 e. The Hall–Kier alpha value is -3.18. The van der Waals surface area contributed by atoms with Gasteiger partial charge in [0.2, 0.25) is 5.91 Å². The van der Waals surface area contributed by atoms with Gasteiger partial charge < -0.3 is 10.6 Å². The van der Waals surface area contributed by atoms with Gasteiger partial charge in [-0.15, -0.1) is 0 Å². The second kappa shape index (κ2) is 9.75. The zero-order chi connectivity index (χ0) is 23.5. The van der Waals surface area contributed by atoms with Crippen LogP contribution in [0.4, 0.5) is 5.69 Å². The highest BCUT2D eigenvalue weighted by molar-refractivity contribution is 6.00. The number of nitrogens with one attached hydrogen (secondary N) is 2. The highest BCUT2D eigenvalue weighted by Crippen LogP contribution is 2.26. The Kier molecular flexibility index (Phi) is 6.80. The minimum absolute atomic E-state index is 0. The summed E-state index contributed by atoms with van der Waals surface area (Å²) in [6.45, 7) is 9.11. The summed E-state index contributed by atoms with van der Waals surface area (Å²) in [6.07, 6.45) is 1.90. The fraction of sp³-hybridized carbons (Fsp3) is 0.357. The third kappa shape index (κ3) is 4.93. The van der Waals surface area contributed by atoms with Gasteiger partial charge in [-0.2, -0.15) is 0 Å². The number of amides is 2. The zero-order valence-corrected chi connectivity index (χ0v) is 19.9. The summed E-state index contributed by atoms with van der Waals surface area (Å²) in [7, 11) is 0. The molecule has 1 aliphatic heterocycles. The molecule has 0 aromatic heterocycles. The summed E-state index contributed by atoms with van der Waals surface area (Å²) >= 11 is 0. The van der Waals surface area contributed by atoms with Crippen molar-refractivity contribution in [1.29, 1.82) is 0 Å². The number of likely N-dealkylation sites (tertiary alicyclic amines) is 1. The van der Waals surface area contributed by atoms with E-state index in [2.05, 4.69) is 53.6 Å². The third-order valence-corrected chi connectivity index (χ3v) is 6.65. The van der Waals surface area contributed by atoms with Crippen molar-refractivity contribution in [2.45, 2.75) is 58.7 Å². The van der Waals surface area contributed by atoms with Gasteiger partial charge in [0, 0.05) is 20.1 Å². The van der Waals surface area contributed by atoms with Crippen LogP contribution < -0.4 is 10.6 Å². The van der Waals surface area contributed by atoms with Crippen LogP contribution in [0.2, 0.25) is 0 Å². The maximum atomic E-state index is 13.2. The lowest BCUT2D eigenvalue weighted by Gasteiger charge is -2.27. The average Bonchev–Trinajstić information content (AvgIpc) is 3.30. The molecule has 3 aromatic rings. The summed E-state index contributed by atoms with van der Waals surface area (Å²) in [4.78, 5) is 28.4. The number of nitrogens with zero attached hydrogens (tertiary/aromatic N) is 1. The summed E-state index contributed by atoms with van der Waals surface area (Å²) in [6, 6.07) is 20.0. The molecule has 2 N–H and O–H groups in total. The van der Waals surface area contributed by atoms with Crippen molar-refractivity contribution in [2.24, 2.45) is 0 Å². The Labute approximate surface area is 199 Å².